The molecule has 16 heavy (non-hydrogen) atoms. The molecule has 0 radical (unpaired) electrons. The molecule has 1 heterocycles. The summed E-state index contributed by atoms with van der Waals surface area (Å²) in [4.78, 5) is 0. The normalized spacial score (nSPS) is 22.2. The molecule has 0 saturated carbocycles. The third-order valence-electron chi connectivity index (χ3n) is 2.88. The maximum atomic E-state index is 6.29. The number of rotatable bonds is 5. The first kappa shape index (κ1) is 11.9. The second-order valence-electron chi connectivity index (χ2n) is 4.17. The molecule has 0 amide bonds. The minimum Gasteiger partial charge on any atom is -0.377 e. The predicted octanol–water partition coefficient (Wildman–Crippen LogP) is 2.74. The Balaban J connectivity index is 1.69. The topological polar surface area (TPSA) is 21.3 Å². The van der Waals surface area contributed by atoms with Crippen molar-refractivity contribution in [3.63, 3.8) is 0 Å². The van der Waals surface area contributed by atoms with Gasteiger partial charge in [-0.1, -0.05) is 30.3 Å². The average molecular weight is 240 g/mol. The number of alkyl halides is 1. The number of nitrogens with one attached hydrogen (secondary N) is 1. The van der Waals surface area contributed by atoms with Gasteiger partial charge in [0.1, 0.15) is 0 Å². The van der Waals surface area contributed by atoms with Gasteiger partial charge in [-0.05, 0) is 18.4 Å². The average Bonchev–Trinajstić information content (AvgIpc) is 2.83. The van der Waals surface area contributed by atoms with Crippen LogP contribution in [0, 0.1) is 0 Å². The molecule has 2 atom stereocenters. The van der Waals surface area contributed by atoms with Gasteiger partial charge in [0.05, 0.1) is 11.5 Å². The highest BCUT2D eigenvalue weighted by Crippen LogP contribution is 2.19. The van der Waals surface area contributed by atoms with Crippen molar-refractivity contribution in [3.8, 4) is 0 Å². The summed E-state index contributed by atoms with van der Waals surface area (Å²) in [5, 5.41) is 3.41. The Hall–Kier alpha value is -0.570. The van der Waals surface area contributed by atoms with E-state index in [1.54, 1.807) is 0 Å². The van der Waals surface area contributed by atoms with Crippen molar-refractivity contribution in [3.05, 3.63) is 35.9 Å². The summed E-state index contributed by atoms with van der Waals surface area (Å²) in [5.41, 5.74) is 1.17. The van der Waals surface area contributed by atoms with Gasteiger partial charge in [0.25, 0.3) is 0 Å². The first-order valence-electron chi connectivity index (χ1n) is 5.87. The van der Waals surface area contributed by atoms with Crippen molar-refractivity contribution in [2.75, 3.05) is 19.7 Å². The molecule has 0 aliphatic carbocycles. The lowest BCUT2D eigenvalue weighted by atomic mass is 10.1. The molecule has 3 heteroatoms. The van der Waals surface area contributed by atoms with Crippen LogP contribution >= 0.6 is 11.6 Å². The van der Waals surface area contributed by atoms with Crippen LogP contribution in [-0.2, 0) is 4.74 Å². The van der Waals surface area contributed by atoms with E-state index in [0.29, 0.717) is 6.10 Å². The fourth-order valence-corrected chi connectivity index (χ4v) is 2.21. The van der Waals surface area contributed by atoms with Crippen LogP contribution in [0.5, 0.6) is 0 Å². The van der Waals surface area contributed by atoms with E-state index < -0.39 is 0 Å². The van der Waals surface area contributed by atoms with Gasteiger partial charge >= 0.3 is 0 Å². The summed E-state index contributed by atoms with van der Waals surface area (Å²) in [6.45, 7) is 2.62. The Kier molecular flexibility index (Phi) is 4.64. The highest BCUT2D eigenvalue weighted by Gasteiger charge is 2.15. The van der Waals surface area contributed by atoms with Crippen molar-refractivity contribution in [2.45, 2.75) is 24.3 Å². The smallest absolute Gasteiger partial charge is 0.0709 e. The minimum atomic E-state index is 0.0441. The maximum Gasteiger partial charge on any atom is 0.0709 e. The van der Waals surface area contributed by atoms with E-state index in [-0.39, 0.29) is 5.38 Å². The zero-order chi connectivity index (χ0) is 11.2. The van der Waals surface area contributed by atoms with E-state index in [1.165, 1.54) is 18.4 Å². The van der Waals surface area contributed by atoms with Crippen LogP contribution in [0.25, 0.3) is 0 Å². The summed E-state index contributed by atoms with van der Waals surface area (Å²) < 4.78 is 5.53. The first-order chi connectivity index (χ1) is 7.86. The van der Waals surface area contributed by atoms with Crippen molar-refractivity contribution in [1.82, 2.24) is 5.32 Å². The molecule has 1 N–H and O–H groups in total. The summed E-state index contributed by atoms with van der Waals surface area (Å²) in [6, 6.07) is 10.2. The van der Waals surface area contributed by atoms with E-state index in [1.807, 2.05) is 18.2 Å². The van der Waals surface area contributed by atoms with Gasteiger partial charge in [0.15, 0.2) is 0 Å². The van der Waals surface area contributed by atoms with Gasteiger partial charge < -0.3 is 10.1 Å². The van der Waals surface area contributed by atoms with Crippen molar-refractivity contribution in [1.29, 1.82) is 0 Å². The molecule has 0 bridgehead atoms. The summed E-state index contributed by atoms with van der Waals surface area (Å²) >= 11 is 6.29. The van der Waals surface area contributed by atoms with Gasteiger partial charge in [-0.15, -0.1) is 11.6 Å². The van der Waals surface area contributed by atoms with Crippen LogP contribution < -0.4 is 5.32 Å². The van der Waals surface area contributed by atoms with Gasteiger partial charge in [-0.25, -0.2) is 0 Å². The molecular weight excluding hydrogens is 222 g/mol. The molecule has 1 aliphatic heterocycles. The van der Waals surface area contributed by atoms with E-state index in [4.69, 9.17) is 16.3 Å². The van der Waals surface area contributed by atoms with Crippen molar-refractivity contribution >= 4 is 11.6 Å². The van der Waals surface area contributed by atoms with Crippen molar-refractivity contribution < 1.29 is 4.74 Å². The van der Waals surface area contributed by atoms with Crippen LogP contribution in [0.1, 0.15) is 23.8 Å². The van der Waals surface area contributed by atoms with Crippen LogP contribution in [0.3, 0.4) is 0 Å². The minimum absolute atomic E-state index is 0.0441. The number of halogens is 1. The Morgan fingerprint density at radius 1 is 1.38 bits per heavy atom. The van der Waals surface area contributed by atoms with Crippen LogP contribution in [0.15, 0.2) is 30.3 Å². The quantitative estimate of drug-likeness (QED) is 0.798. The third-order valence-corrected chi connectivity index (χ3v) is 3.29. The lowest BCUT2D eigenvalue weighted by Gasteiger charge is -2.14. The van der Waals surface area contributed by atoms with E-state index in [2.05, 4.69) is 17.4 Å². The fraction of sp³-hybridized carbons (Fsp3) is 0.538. The monoisotopic (exact) mass is 239 g/mol. The predicted molar refractivity (Wildman–Crippen MR) is 66.9 cm³/mol. The van der Waals surface area contributed by atoms with Gasteiger partial charge in [-0.3, -0.25) is 0 Å². The Labute approximate surface area is 102 Å². The van der Waals surface area contributed by atoms with Crippen LogP contribution in [0.4, 0.5) is 0 Å². The highest BCUT2D eigenvalue weighted by molar-refractivity contribution is 6.21. The SMILES string of the molecule is ClC(CNCC1CCCO1)c1ccccc1. The molecule has 1 aromatic rings. The molecule has 2 unspecified atom stereocenters. The van der Waals surface area contributed by atoms with Gasteiger partial charge in [0, 0.05) is 19.7 Å². The highest BCUT2D eigenvalue weighted by atomic mass is 35.5. The van der Waals surface area contributed by atoms with Gasteiger partial charge in [0.2, 0.25) is 0 Å². The second-order valence-corrected chi connectivity index (χ2v) is 4.70. The van der Waals surface area contributed by atoms with E-state index >= 15 is 0 Å². The van der Waals surface area contributed by atoms with E-state index in [0.717, 1.165) is 19.7 Å². The molecule has 1 fully saturated rings. The first-order valence-corrected chi connectivity index (χ1v) is 6.31. The molecule has 1 aliphatic rings. The van der Waals surface area contributed by atoms with Crippen molar-refractivity contribution in [2.24, 2.45) is 0 Å². The fourth-order valence-electron chi connectivity index (χ4n) is 1.96. The zero-order valence-electron chi connectivity index (χ0n) is 9.36. The summed E-state index contributed by atoms with van der Waals surface area (Å²) in [6.07, 6.45) is 2.75. The standard InChI is InChI=1S/C13H18ClNO/c14-13(11-5-2-1-3-6-11)10-15-9-12-7-4-8-16-12/h1-3,5-6,12-13,15H,4,7-10H2. The molecule has 1 saturated heterocycles. The van der Waals surface area contributed by atoms with Gasteiger partial charge in [-0.2, -0.15) is 0 Å². The second kappa shape index (κ2) is 6.24. The molecule has 2 nitrogen and oxygen atoms in total. The lowest BCUT2D eigenvalue weighted by Crippen LogP contribution is -2.28. The Bertz CT molecular complexity index is 298. The Morgan fingerprint density at radius 2 is 2.19 bits per heavy atom. The molecular formula is C13H18ClNO. The largest absolute Gasteiger partial charge is 0.377 e. The summed E-state index contributed by atoms with van der Waals surface area (Å²) in [7, 11) is 0. The van der Waals surface area contributed by atoms with E-state index in [9.17, 15) is 0 Å². The van der Waals surface area contributed by atoms with Crippen LogP contribution in [-0.4, -0.2) is 25.8 Å². The zero-order valence-corrected chi connectivity index (χ0v) is 10.1. The maximum absolute atomic E-state index is 6.29. The number of hydrogen-bond donors (Lipinski definition) is 1. The number of benzene rings is 1. The number of ether oxygens (including phenoxy) is 1. The molecule has 88 valence electrons. The molecule has 2 rings (SSSR count). The number of hydrogen-bond acceptors (Lipinski definition) is 2. The third kappa shape index (κ3) is 3.48. The van der Waals surface area contributed by atoms with Crippen LogP contribution in [0.2, 0.25) is 0 Å². The molecule has 0 spiro atoms. The summed E-state index contributed by atoms with van der Waals surface area (Å²) in [5.74, 6) is 0. The molecule has 0 aromatic heterocycles. The Morgan fingerprint density at radius 3 is 2.88 bits per heavy atom. The lowest BCUT2D eigenvalue weighted by molar-refractivity contribution is 0.110. The molecule has 1 aromatic carbocycles.